The second kappa shape index (κ2) is 5.38. The zero-order valence-corrected chi connectivity index (χ0v) is 10.6. The lowest BCUT2D eigenvalue weighted by atomic mass is 9.96. The van der Waals surface area contributed by atoms with Crippen molar-refractivity contribution in [1.82, 2.24) is 4.98 Å². The molecule has 0 aliphatic carbocycles. The van der Waals surface area contributed by atoms with Gasteiger partial charge in [-0.25, -0.2) is 13.8 Å². The highest BCUT2D eigenvalue weighted by molar-refractivity contribution is 5.77. The third-order valence-electron chi connectivity index (χ3n) is 3.34. The Labute approximate surface area is 109 Å². The fourth-order valence-electron chi connectivity index (χ4n) is 2.23. The molecule has 1 aromatic rings. The Kier molecular flexibility index (Phi) is 3.82. The highest BCUT2D eigenvalue weighted by Crippen LogP contribution is 2.26. The third-order valence-corrected chi connectivity index (χ3v) is 3.34. The van der Waals surface area contributed by atoms with Crippen LogP contribution in [0.25, 0.3) is 0 Å². The molecule has 1 aromatic heterocycles. The topological polar surface area (TPSA) is 71.2 Å². The van der Waals surface area contributed by atoms with Crippen LogP contribution in [0.4, 0.5) is 20.4 Å². The maximum Gasteiger partial charge on any atom is 0.220 e. The minimum Gasteiger partial charge on any atom is -0.371 e. The average Bonchev–Trinajstić information content (AvgIpc) is 2.39. The van der Waals surface area contributed by atoms with Crippen LogP contribution in [0.2, 0.25) is 0 Å². The minimum absolute atomic E-state index is 0.00780. The second-order valence-corrected chi connectivity index (χ2v) is 4.54. The van der Waals surface area contributed by atoms with Crippen molar-refractivity contribution in [3.8, 4) is 0 Å². The van der Waals surface area contributed by atoms with Gasteiger partial charge in [-0.2, -0.15) is 0 Å². The van der Waals surface area contributed by atoms with E-state index in [1.807, 2.05) is 0 Å². The summed E-state index contributed by atoms with van der Waals surface area (Å²) in [6.07, 6.45) is 1.12. The standard InChI is InChI=1S/C12H16F2N4O/c1-16-11-8(13)6-9(14)12(17-11)18-4-2-7(3-5-18)10(15)19/h6-7H,2-5H2,1H3,(H2,15,19)(H,16,17). The molecule has 0 bridgehead atoms. The van der Waals surface area contributed by atoms with Crippen molar-refractivity contribution in [2.75, 3.05) is 30.4 Å². The second-order valence-electron chi connectivity index (χ2n) is 4.54. The van der Waals surface area contributed by atoms with E-state index in [4.69, 9.17) is 5.73 Å². The largest absolute Gasteiger partial charge is 0.371 e. The molecule has 0 aromatic carbocycles. The van der Waals surface area contributed by atoms with Crippen LogP contribution in [0.1, 0.15) is 12.8 Å². The Morgan fingerprint density at radius 2 is 2.05 bits per heavy atom. The molecule has 2 rings (SSSR count). The molecular formula is C12H16F2N4O. The molecule has 3 N–H and O–H groups in total. The first-order valence-corrected chi connectivity index (χ1v) is 6.11. The number of hydrogen-bond acceptors (Lipinski definition) is 4. The molecule has 1 aliphatic heterocycles. The summed E-state index contributed by atoms with van der Waals surface area (Å²) in [5.41, 5.74) is 5.24. The van der Waals surface area contributed by atoms with Gasteiger partial charge in [0.15, 0.2) is 23.3 Å². The van der Waals surface area contributed by atoms with Gasteiger partial charge in [0.2, 0.25) is 5.91 Å². The van der Waals surface area contributed by atoms with Gasteiger partial charge in [-0.1, -0.05) is 0 Å². The predicted molar refractivity (Wildman–Crippen MR) is 67.8 cm³/mol. The van der Waals surface area contributed by atoms with E-state index in [1.165, 1.54) is 7.05 Å². The molecule has 19 heavy (non-hydrogen) atoms. The highest BCUT2D eigenvalue weighted by Gasteiger charge is 2.26. The molecule has 0 unspecified atom stereocenters. The average molecular weight is 270 g/mol. The number of aromatic nitrogens is 1. The number of nitrogens with zero attached hydrogens (tertiary/aromatic N) is 2. The highest BCUT2D eigenvalue weighted by atomic mass is 19.1. The van der Waals surface area contributed by atoms with E-state index < -0.39 is 11.6 Å². The van der Waals surface area contributed by atoms with Gasteiger partial charge in [-0.15, -0.1) is 0 Å². The Bertz CT molecular complexity index is 487. The Hall–Kier alpha value is -1.92. The summed E-state index contributed by atoms with van der Waals surface area (Å²) in [5.74, 6) is -1.82. The molecule has 1 aliphatic rings. The van der Waals surface area contributed by atoms with Crippen LogP contribution in [-0.2, 0) is 4.79 Å². The van der Waals surface area contributed by atoms with Gasteiger partial charge in [-0.05, 0) is 12.8 Å². The summed E-state index contributed by atoms with van der Waals surface area (Å²) in [4.78, 5) is 16.7. The maximum absolute atomic E-state index is 13.7. The smallest absolute Gasteiger partial charge is 0.220 e. The summed E-state index contributed by atoms with van der Waals surface area (Å²) in [6, 6.07) is 0.814. The molecule has 2 heterocycles. The lowest BCUT2D eigenvalue weighted by Crippen LogP contribution is -2.39. The molecule has 1 fully saturated rings. The number of nitrogens with two attached hydrogens (primary N) is 1. The summed E-state index contributed by atoms with van der Waals surface area (Å²) < 4.78 is 27.1. The molecular weight excluding hydrogens is 254 g/mol. The summed E-state index contributed by atoms with van der Waals surface area (Å²) in [7, 11) is 1.52. The number of carbonyl (C=O) groups excluding carboxylic acids is 1. The van der Waals surface area contributed by atoms with Crippen LogP contribution in [0.5, 0.6) is 0 Å². The van der Waals surface area contributed by atoms with E-state index in [1.54, 1.807) is 4.90 Å². The minimum atomic E-state index is -0.726. The van der Waals surface area contributed by atoms with Gasteiger partial charge < -0.3 is 16.0 Å². The first-order chi connectivity index (χ1) is 9.02. The lowest BCUT2D eigenvalue weighted by molar-refractivity contribution is -0.122. The lowest BCUT2D eigenvalue weighted by Gasteiger charge is -2.31. The molecule has 0 atom stereocenters. The zero-order valence-electron chi connectivity index (χ0n) is 10.6. The predicted octanol–water partition coefficient (Wildman–Crippen LogP) is 1.10. The summed E-state index contributed by atoms with van der Waals surface area (Å²) >= 11 is 0. The van der Waals surface area contributed by atoms with Gasteiger partial charge >= 0.3 is 0 Å². The SMILES string of the molecule is CNc1nc(N2CCC(C(N)=O)CC2)c(F)cc1F. The normalized spacial score (nSPS) is 16.5. The van der Waals surface area contributed by atoms with E-state index in [0.717, 1.165) is 6.07 Å². The van der Waals surface area contributed by atoms with Gasteiger partial charge in [0.25, 0.3) is 0 Å². The van der Waals surface area contributed by atoms with Crippen molar-refractivity contribution >= 4 is 17.5 Å². The quantitative estimate of drug-likeness (QED) is 0.863. The molecule has 1 saturated heterocycles. The van der Waals surface area contributed by atoms with Gasteiger partial charge in [0.1, 0.15) is 0 Å². The number of primary amides is 1. The van der Waals surface area contributed by atoms with Crippen molar-refractivity contribution in [3.63, 3.8) is 0 Å². The first kappa shape index (κ1) is 13.5. The Balaban J connectivity index is 2.17. The Morgan fingerprint density at radius 1 is 1.42 bits per heavy atom. The fraction of sp³-hybridized carbons (Fsp3) is 0.500. The molecule has 0 saturated carbocycles. The summed E-state index contributed by atoms with van der Waals surface area (Å²) in [5, 5.41) is 2.58. The van der Waals surface area contributed by atoms with E-state index in [0.29, 0.717) is 25.9 Å². The van der Waals surface area contributed by atoms with E-state index in [2.05, 4.69) is 10.3 Å². The van der Waals surface area contributed by atoms with Crippen molar-refractivity contribution < 1.29 is 13.6 Å². The van der Waals surface area contributed by atoms with Crippen molar-refractivity contribution in [3.05, 3.63) is 17.7 Å². The number of nitrogens with one attached hydrogen (secondary N) is 1. The molecule has 1 amide bonds. The van der Waals surface area contributed by atoms with Crippen LogP contribution < -0.4 is 16.0 Å². The molecule has 5 nitrogen and oxygen atoms in total. The van der Waals surface area contributed by atoms with Crippen molar-refractivity contribution in [1.29, 1.82) is 0 Å². The monoisotopic (exact) mass is 270 g/mol. The van der Waals surface area contributed by atoms with Crippen LogP contribution >= 0.6 is 0 Å². The van der Waals surface area contributed by atoms with Gasteiger partial charge in [-0.3, -0.25) is 4.79 Å². The van der Waals surface area contributed by atoms with Crippen LogP contribution in [0.3, 0.4) is 0 Å². The molecule has 7 heteroatoms. The number of anilines is 2. The number of pyridine rings is 1. The fourth-order valence-corrected chi connectivity index (χ4v) is 2.23. The van der Waals surface area contributed by atoms with Crippen LogP contribution in [0, 0.1) is 17.6 Å². The Morgan fingerprint density at radius 3 is 2.58 bits per heavy atom. The van der Waals surface area contributed by atoms with Gasteiger partial charge in [0.05, 0.1) is 0 Å². The molecule has 0 radical (unpaired) electrons. The van der Waals surface area contributed by atoms with Crippen molar-refractivity contribution in [2.45, 2.75) is 12.8 Å². The van der Waals surface area contributed by atoms with E-state index >= 15 is 0 Å². The maximum atomic E-state index is 13.7. The number of amides is 1. The van der Waals surface area contributed by atoms with Crippen LogP contribution in [0.15, 0.2) is 6.07 Å². The number of carbonyl (C=O) groups is 1. The van der Waals surface area contributed by atoms with E-state index in [9.17, 15) is 13.6 Å². The number of halogens is 2. The first-order valence-electron chi connectivity index (χ1n) is 6.11. The summed E-state index contributed by atoms with van der Waals surface area (Å²) in [6.45, 7) is 0.957. The van der Waals surface area contributed by atoms with E-state index in [-0.39, 0.29) is 23.5 Å². The van der Waals surface area contributed by atoms with Gasteiger partial charge in [0, 0.05) is 32.1 Å². The molecule has 104 valence electrons. The zero-order chi connectivity index (χ0) is 14.0. The molecule has 0 spiro atoms. The number of rotatable bonds is 3. The number of piperidine rings is 1. The van der Waals surface area contributed by atoms with Crippen LogP contribution in [-0.4, -0.2) is 31.0 Å². The third kappa shape index (κ3) is 2.74. The number of hydrogen-bond donors (Lipinski definition) is 2. The van der Waals surface area contributed by atoms with Crippen molar-refractivity contribution in [2.24, 2.45) is 11.7 Å².